The van der Waals surface area contributed by atoms with Crippen molar-refractivity contribution < 1.29 is 0 Å². The molecule has 0 radical (unpaired) electrons. The van der Waals surface area contributed by atoms with E-state index >= 15 is 0 Å². The van der Waals surface area contributed by atoms with E-state index in [-0.39, 0.29) is 10.8 Å². The molecule has 5 nitrogen and oxygen atoms in total. The monoisotopic (exact) mass is 677 g/mol. The minimum atomic E-state index is -0.0720. The number of pyridine rings is 1. The Kier molecular flexibility index (Phi) is 7.10. The van der Waals surface area contributed by atoms with E-state index in [0.717, 1.165) is 66.9 Å². The highest BCUT2D eigenvalue weighted by Gasteiger charge is 2.24. The van der Waals surface area contributed by atoms with Crippen LogP contribution < -0.4 is 0 Å². The van der Waals surface area contributed by atoms with E-state index in [1.54, 1.807) is 0 Å². The molecule has 0 fully saturated rings. The van der Waals surface area contributed by atoms with Gasteiger partial charge < -0.3 is 9.97 Å². The summed E-state index contributed by atoms with van der Waals surface area (Å²) in [5.74, 6) is 0. The lowest BCUT2D eigenvalue weighted by atomic mass is 9.84. The summed E-state index contributed by atoms with van der Waals surface area (Å²) in [6, 6.07) is 41.6. The van der Waals surface area contributed by atoms with Crippen LogP contribution in [0.5, 0.6) is 0 Å². The van der Waals surface area contributed by atoms with Gasteiger partial charge in [0, 0.05) is 38.8 Å². The van der Waals surface area contributed by atoms with Crippen LogP contribution >= 0.6 is 0 Å². The van der Waals surface area contributed by atoms with Crippen molar-refractivity contribution in [2.75, 3.05) is 0 Å². The Balaban J connectivity index is 1.33. The molecule has 5 heteroatoms. The maximum atomic E-state index is 5.50. The summed E-state index contributed by atoms with van der Waals surface area (Å²) in [6.07, 6.45) is 2.01. The molecule has 0 unspecified atom stereocenters. The predicted molar refractivity (Wildman–Crippen MR) is 219 cm³/mol. The van der Waals surface area contributed by atoms with Crippen LogP contribution in [0.1, 0.15) is 58.2 Å². The lowest BCUT2D eigenvalue weighted by Gasteiger charge is -2.21. The topological polar surface area (TPSA) is 62.3 Å². The Morgan fingerprint density at radius 3 is 2.12 bits per heavy atom. The number of nitrogens with zero attached hydrogens (tertiary/aromatic N) is 3. The number of benzene rings is 5. The second-order valence-electron chi connectivity index (χ2n) is 16.3. The summed E-state index contributed by atoms with van der Waals surface area (Å²) >= 11 is 0. The molecular weight excluding hydrogens is 635 g/mol. The smallest absolute Gasteiger partial charge is 0.119 e. The van der Waals surface area contributed by atoms with Crippen LogP contribution in [0.25, 0.3) is 83.1 Å². The van der Waals surface area contributed by atoms with Gasteiger partial charge >= 0.3 is 0 Å². The third kappa shape index (κ3) is 5.31. The van der Waals surface area contributed by atoms with Gasteiger partial charge in [0.05, 0.1) is 33.6 Å². The Hall–Kier alpha value is -5.94. The Morgan fingerprint density at radius 2 is 1.33 bits per heavy atom. The van der Waals surface area contributed by atoms with Crippen molar-refractivity contribution in [3.8, 4) is 39.5 Å². The Bertz CT molecular complexity index is 2810. The average molecular weight is 678 g/mol. The number of aromatic nitrogens is 5. The molecule has 0 atom stereocenters. The van der Waals surface area contributed by atoms with Crippen LogP contribution in [0.4, 0.5) is 0 Å². The zero-order valence-electron chi connectivity index (χ0n) is 30.9. The molecule has 0 amide bonds. The molecule has 0 saturated heterocycles. The number of H-pyrrole nitrogens is 2. The zero-order chi connectivity index (χ0) is 35.9. The highest BCUT2D eigenvalue weighted by molar-refractivity contribution is 6.11. The fraction of sp³-hybridized carbons (Fsp3) is 0.191. The van der Waals surface area contributed by atoms with E-state index in [1.165, 1.54) is 32.8 Å². The zero-order valence-corrected chi connectivity index (χ0v) is 30.9. The number of rotatable bonds is 4. The average Bonchev–Trinajstić information content (AvgIpc) is 3.86. The minimum Gasteiger partial charge on any atom is -0.361 e. The third-order valence-corrected chi connectivity index (χ3v) is 10.5. The van der Waals surface area contributed by atoms with Gasteiger partial charge in [0.25, 0.3) is 0 Å². The number of hydrogen-bond acceptors (Lipinski definition) is 2. The van der Waals surface area contributed by atoms with E-state index in [9.17, 15) is 0 Å². The summed E-state index contributed by atoms with van der Waals surface area (Å²) in [6.45, 7) is 15.8. The Morgan fingerprint density at radius 1 is 0.596 bits per heavy atom. The van der Waals surface area contributed by atoms with Gasteiger partial charge in [-0.25, -0.2) is 9.67 Å². The quantitative estimate of drug-likeness (QED) is 0.195. The summed E-state index contributed by atoms with van der Waals surface area (Å²) in [4.78, 5) is 12.7. The first kappa shape index (κ1) is 32.0. The molecule has 0 aliphatic rings. The van der Waals surface area contributed by atoms with Crippen molar-refractivity contribution in [3.05, 3.63) is 138 Å². The number of aromatic amines is 2. The molecule has 2 N–H and O–H groups in total. The van der Waals surface area contributed by atoms with Crippen molar-refractivity contribution in [2.24, 2.45) is 0 Å². The summed E-state index contributed by atoms with van der Waals surface area (Å²) in [5.41, 5.74) is 15.0. The first-order valence-electron chi connectivity index (χ1n) is 18.2. The van der Waals surface area contributed by atoms with Gasteiger partial charge in [-0.2, -0.15) is 5.10 Å². The van der Waals surface area contributed by atoms with E-state index in [0.29, 0.717) is 0 Å². The van der Waals surface area contributed by atoms with Crippen LogP contribution in [0.15, 0.2) is 121 Å². The number of hydrogen-bond donors (Lipinski definition) is 2. The van der Waals surface area contributed by atoms with Crippen LogP contribution in [0, 0.1) is 6.92 Å². The molecule has 9 aromatic rings. The van der Waals surface area contributed by atoms with E-state index < -0.39 is 0 Å². The number of aryl methyl sites for hydroxylation is 1. The molecule has 0 saturated carbocycles. The molecule has 4 heterocycles. The minimum absolute atomic E-state index is 0.0422. The third-order valence-electron chi connectivity index (χ3n) is 10.5. The fourth-order valence-electron chi connectivity index (χ4n) is 7.60. The van der Waals surface area contributed by atoms with E-state index in [1.807, 2.05) is 6.20 Å². The maximum absolute atomic E-state index is 5.50. The van der Waals surface area contributed by atoms with E-state index in [2.05, 4.69) is 178 Å². The van der Waals surface area contributed by atoms with Gasteiger partial charge in [-0.15, -0.1) is 0 Å². The largest absolute Gasteiger partial charge is 0.361 e. The molecule has 0 aliphatic carbocycles. The first-order valence-corrected chi connectivity index (χ1v) is 18.2. The lowest BCUT2D eigenvalue weighted by molar-refractivity contribution is 0.590. The highest BCUT2D eigenvalue weighted by Crippen LogP contribution is 2.40. The van der Waals surface area contributed by atoms with Crippen molar-refractivity contribution in [2.45, 2.75) is 59.3 Å². The van der Waals surface area contributed by atoms with E-state index in [4.69, 9.17) is 10.1 Å². The second kappa shape index (κ2) is 11.5. The maximum Gasteiger partial charge on any atom is 0.119 e. The van der Waals surface area contributed by atoms with Crippen LogP contribution in [0.3, 0.4) is 0 Å². The summed E-state index contributed by atoms with van der Waals surface area (Å²) in [7, 11) is 0. The second-order valence-corrected chi connectivity index (χ2v) is 16.3. The molecule has 0 bridgehead atoms. The normalized spacial score (nSPS) is 12.5. The number of nitrogens with one attached hydrogen (secondary N) is 2. The van der Waals surface area contributed by atoms with Gasteiger partial charge in [0.2, 0.25) is 0 Å². The molecule has 52 heavy (non-hydrogen) atoms. The molecule has 9 rings (SSSR count). The number of fused-ring (bicyclic) bond motifs is 5. The van der Waals surface area contributed by atoms with Gasteiger partial charge in [-0.1, -0.05) is 96.1 Å². The standard InChI is InChI=1S/C47H43N5/c1-28-21-30-19-20-48-43(30)37(22-28)39-23-31(29-13-9-8-10-14-29)24-40(49-39)44-34-15-11-12-16-41(34)52(51-44)42-27-33(47(5,6)7)26-36-35-25-32(46(2,3)4)17-18-38(35)50-45(36)42/h8-27,48,50H,1-7H3. The van der Waals surface area contributed by atoms with Crippen molar-refractivity contribution in [1.82, 2.24) is 24.7 Å². The Labute approximate surface area is 304 Å². The highest BCUT2D eigenvalue weighted by atomic mass is 15.3. The molecule has 5 aromatic carbocycles. The summed E-state index contributed by atoms with van der Waals surface area (Å²) < 4.78 is 2.13. The van der Waals surface area contributed by atoms with Crippen molar-refractivity contribution in [1.29, 1.82) is 0 Å². The van der Waals surface area contributed by atoms with Gasteiger partial charge in [-0.3, -0.25) is 0 Å². The first-order chi connectivity index (χ1) is 24.9. The van der Waals surface area contributed by atoms with Crippen molar-refractivity contribution in [3.63, 3.8) is 0 Å². The molecule has 0 aliphatic heterocycles. The van der Waals surface area contributed by atoms with Crippen molar-refractivity contribution >= 4 is 43.6 Å². The number of para-hydroxylation sites is 1. The summed E-state index contributed by atoms with van der Waals surface area (Å²) in [5, 5.41) is 10.2. The van der Waals surface area contributed by atoms with Gasteiger partial charge in [0.15, 0.2) is 0 Å². The molecule has 0 spiro atoms. The fourth-order valence-corrected chi connectivity index (χ4v) is 7.60. The molecule has 256 valence electrons. The van der Waals surface area contributed by atoms with Gasteiger partial charge in [0.1, 0.15) is 5.69 Å². The van der Waals surface area contributed by atoms with Crippen LogP contribution in [0.2, 0.25) is 0 Å². The van der Waals surface area contributed by atoms with Crippen LogP contribution in [-0.2, 0) is 10.8 Å². The van der Waals surface area contributed by atoms with Gasteiger partial charge in [-0.05, 0) is 106 Å². The SMILES string of the molecule is Cc1cc(-c2cc(-c3ccccc3)cc(-c3nn(-c4cc(C(C)(C)C)cc5c4[nH]c4ccc(C(C)(C)C)cc45)c4ccccc34)n2)c2[nH]ccc2c1. The molecule has 4 aromatic heterocycles. The lowest BCUT2D eigenvalue weighted by Crippen LogP contribution is -2.12. The predicted octanol–water partition coefficient (Wildman–Crippen LogP) is 12.4. The molecular formula is C47H43N5. The van der Waals surface area contributed by atoms with Crippen LogP contribution in [-0.4, -0.2) is 24.7 Å².